The van der Waals surface area contributed by atoms with Crippen LogP contribution in [0.2, 0.25) is 5.02 Å². The van der Waals surface area contributed by atoms with Crippen LogP contribution in [-0.2, 0) is 4.79 Å². The molecule has 3 nitrogen and oxygen atoms in total. The molecule has 1 aliphatic rings. The van der Waals surface area contributed by atoms with Gasteiger partial charge in [-0.05, 0) is 30.7 Å². The molecule has 0 spiro atoms. The fourth-order valence-electron chi connectivity index (χ4n) is 2.01. The van der Waals surface area contributed by atoms with Crippen molar-refractivity contribution in [2.24, 2.45) is 0 Å². The zero-order valence-corrected chi connectivity index (χ0v) is 11.2. The molecule has 1 saturated heterocycles. The van der Waals surface area contributed by atoms with E-state index in [0.717, 1.165) is 25.2 Å². The smallest absolute Gasteiger partial charge is 0.246 e. The molecule has 0 radical (unpaired) electrons. The van der Waals surface area contributed by atoms with Gasteiger partial charge in [0, 0.05) is 36.8 Å². The number of halogens is 1. The first-order valence-corrected chi connectivity index (χ1v) is 6.49. The van der Waals surface area contributed by atoms with E-state index < -0.39 is 0 Å². The fourth-order valence-corrected chi connectivity index (χ4v) is 2.13. The fraction of sp³-hybridized carbons (Fsp3) is 0.357. The molecule has 1 amide bonds. The van der Waals surface area contributed by atoms with Gasteiger partial charge in [-0.1, -0.05) is 23.7 Å². The number of carbonyl (C=O) groups is 1. The third-order valence-corrected chi connectivity index (χ3v) is 3.32. The Balaban J connectivity index is 1.99. The zero-order valence-electron chi connectivity index (χ0n) is 10.4. The molecule has 1 heterocycles. The summed E-state index contributed by atoms with van der Waals surface area (Å²) in [6.45, 7) is 4.55. The van der Waals surface area contributed by atoms with Gasteiger partial charge in [-0.25, -0.2) is 0 Å². The summed E-state index contributed by atoms with van der Waals surface area (Å²) >= 11 is 5.81. The van der Waals surface area contributed by atoms with Crippen LogP contribution < -0.4 is 5.32 Å². The molecule has 1 fully saturated rings. The summed E-state index contributed by atoms with van der Waals surface area (Å²) in [5.74, 6) is 0.0685. The number of hydrogen-bond donors (Lipinski definition) is 1. The Morgan fingerprint density at radius 3 is 2.83 bits per heavy atom. The molecule has 1 aromatic carbocycles. The molecule has 0 aromatic heterocycles. The topological polar surface area (TPSA) is 32.3 Å². The van der Waals surface area contributed by atoms with E-state index >= 15 is 0 Å². The maximum atomic E-state index is 12.0. The van der Waals surface area contributed by atoms with E-state index in [1.807, 2.05) is 35.2 Å². The second-order valence-corrected chi connectivity index (χ2v) is 4.91. The van der Waals surface area contributed by atoms with E-state index in [4.69, 9.17) is 11.6 Å². The predicted octanol–water partition coefficient (Wildman–Crippen LogP) is 2.17. The molecule has 0 saturated carbocycles. The van der Waals surface area contributed by atoms with E-state index in [9.17, 15) is 4.79 Å². The van der Waals surface area contributed by atoms with Crippen molar-refractivity contribution in [1.82, 2.24) is 10.2 Å². The van der Waals surface area contributed by atoms with Gasteiger partial charge >= 0.3 is 0 Å². The summed E-state index contributed by atoms with van der Waals surface area (Å²) in [6, 6.07) is 7.68. The highest BCUT2D eigenvalue weighted by Gasteiger charge is 2.20. The number of carbonyl (C=O) groups excluding carboxylic acids is 1. The normalized spacial score (nSPS) is 20.3. The highest BCUT2D eigenvalue weighted by Crippen LogP contribution is 2.11. The molecule has 1 aliphatic heterocycles. The first kappa shape index (κ1) is 13.1. The zero-order chi connectivity index (χ0) is 13.0. The summed E-state index contributed by atoms with van der Waals surface area (Å²) in [4.78, 5) is 13.9. The minimum Gasteiger partial charge on any atom is -0.334 e. The number of benzene rings is 1. The lowest BCUT2D eigenvalue weighted by atomic mass is 10.2. The third-order valence-electron chi connectivity index (χ3n) is 3.07. The van der Waals surface area contributed by atoms with Crippen molar-refractivity contribution >= 4 is 23.6 Å². The third kappa shape index (κ3) is 3.34. The number of rotatable bonds is 2. The van der Waals surface area contributed by atoms with Crippen LogP contribution in [0.15, 0.2) is 30.3 Å². The van der Waals surface area contributed by atoms with Gasteiger partial charge in [-0.15, -0.1) is 0 Å². The van der Waals surface area contributed by atoms with Crippen molar-refractivity contribution in [3.05, 3.63) is 40.9 Å². The number of amides is 1. The maximum Gasteiger partial charge on any atom is 0.246 e. The molecule has 18 heavy (non-hydrogen) atoms. The molecule has 1 N–H and O–H groups in total. The first-order chi connectivity index (χ1) is 8.66. The second kappa shape index (κ2) is 6.03. The number of hydrogen-bond acceptors (Lipinski definition) is 2. The minimum absolute atomic E-state index is 0.0685. The Morgan fingerprint density at radius 2 is 2.17 bits per heavy atom. The van der Waals surface area contributed by atoms with Crippen molar-refractivity contribution in [1.29, 1.82) is 0 Å². The van der Waals surface area contributed by atoms with Gasteiger partial charge in [0.25, 0.3) is 0 Å². The van der Waals surface area contributed by atoms with Crippen LogP contribution in [0, 0.1) is 0 Å². The molecule has 1 unspecified atom stereocenters. The van der Waals surface area contributed by atoms with Gasteiger partial charge < -0.3 is 10.2 Å². The van der Waals surface area contributed by atoms with Crippen LogP contribution in [0.3, 0.4) is 0 Å². The quantitative estimate of drug-likeness (QED) is 0.831. The molecule has 2 rings (SSSR count). The van der Waals surface area contributed by atoms with Gasteiger partial charge in [0.1, 0.15) is 0 Å². The van der Waals surface area contributed by atoms with E-state index in [0.29, 0.717) is 5.02 Å². The van der Waals surface area contributed by atoms with E-state index in [-0.39, 0.29) is 11.9 Å². The molecule has 0 bridgehead atoms. The van der Waals surface area contributed by atoms with Crippen LogP contribution in [-0.4, -0.2) is 36.5 Å². The molecule has 0 aliphatic carbocycles. The molecular formula is C14H17ClN2O. The van der Waals surface area contributed by atoms with Gasteiger partial charge in [-0.2, -0.15) is 0 Å². The minimum atomic E-state index is 0.0685. The summed E-state index contributed by atoms with van der Waals surface area (Å²) in [5.41, 5.74) is 0.982. The van der Waals surface area contributed by atoms with Crippen LogP contribution in [0.4, 0.5) is 0 Å². The highest BCUT2D eigenvalue weighted by molar-refractivity contribution is 6.30. The molecular weight excluding hydrogens is 248 g/mol. The predicted molar refractivity (Wildman–Crippen MR) is 74.5 cm³/mol. The summed E-state index contributed by atoms with van der Waals surface area (Å²) in [5, 5.41) is 3.97. The van der Waals surface area contributed by atoms with Crippen LogP contribution in [0.25, 0.3) is 6.08 Å². The summed E-state index contributed by atoms with van der Waals surface area (Å²) in [6.07, 6.45) is 3.46. The standard InChI is InChI=1S/C14H17ClN2O/c1-11-10-16-8-9-17(11)14(18)7-4-12-2-5-13(15)6-3-12/h2-7,11,16H,8-10H2,1H3/b7-4+. The summed E-state index contributed by atoms with van der Waals surface area (Å²) < 4.78 is 0. The Bertz CT molecular complexity index is 442. The Hall–Kier alpha value is -1.32. The molecule has 1 aromatic rings. The number of nitrogens with one attached hydrogen (secondary N) is 1. The lowest BCUT2D eigenvalue weighted by Gasteiger charge is -2.33. The molecule has 96 valence electrons. The number of nitrogens with zero attached hydrogens (tertiary/aromatic N) is 1. The van der Waals surface area contributed by atoms with Crippen molar-refractivity contribution in [3.63, 3.8) is 0 Å². The van der Waals surface area contributed by atoms with E-state index in [2.05, 4.69) is 12.2 Å². The Kier molecular flexibility index (Phi) is 4.39. The van der Waals surface area contributed by atoms with Crippen molar-refractivity contribution in [3.8, 4) is 0 Å². The van der Waals surface area contributed by atoms with Gasteiger partial charge in [0.15, 0.2) is 0 Å². The van der Waals surface area contributed by atoms with E-state index in [1.165, 1.54) is 0 Å². The molecule has 1 atom stereocenters. The average molecular weight is 265 g/mol. The SMILES string of the molecule is CC1CNCCN1C(=O)/C=C/c1ccc(Cl)cc1. The van der Waals surface area contributed by atoms with Gasteiger partial charge in [0.2, 0.25) is 5.91 Å². The lowest BCUT2D eigenvalue weighted by molar-refractivity contribution is -0.128. The Morgan fingerprint density at radius 1 is 1.44 bits per heavy atom. The van der Waals surface area contributed by atoms with Gasteiger partial charge in [0.05, 0.1) is 0 Å². The lowest BCUT2D eigenvalue weighted by Crippen LogP contribution is -2.51. The van der Waals surface area contributed by atoms with Crippen LogP contribution >= 0.6 is 11.6 Å². The highest BCUT2D eigenvalue weighted by atomic mass is 35.5. The largest absolute Gasteiger partial charge is 0.334 e. The average Bonchev–Trinajstić information content (AvgIpc) is 2.38. The first-order valence-electron chi connectivity index (χ1n) is 6.12. The van der Waals surface area contributed by atoms with Crippen molar-refractivity contribution < 1.29 is 4.79 Å². The maximum absolute atomic E-state index is 12.0. The van der Waals surface area contributed by atoms with Gasteiger partial charge in [-0.3, -0.25) is 4.79 Å². The van der Waals surface area contributed by atoms with Crippen LogP contribution in [0.5, 0.6) is 0 Å². The Labute approximate surface area is 112 Å². The molecule has 4 heteroatoms. The van der Waals surface area contributed by atoms with E-state index in [1.54, 1.807) is 6.08 Å². The number of piperazine rings is 1. The monoisotopic (exact) mass is 264 g/mol. The van der Waals surface area contributed by atoms with Crippen LogP contribution in [0.1, 0.15) is 12.5 Å². The van der Waals surface area contributed by atoms with Crippen molar-refractivity contribution in [2.75, 3.05) is 19.6 Å². The van der Waals surface area contributed by atoms with Crippen molar-refractivity contribution in [2.45, 2.75) is 13.0 Å². The second-order valence-electron chi connectivity index (χ2n) is 4.47. The summed E-state index contributed by atoms with van der Waals surface area (Å²) in [7, 11) is 0.